The molecule has 0 radical (unpaired) electrons. The third-order valence-electron chi connectivity index (χ3n) is 4.88. The van der Waals surface area contributed by atoms with Gasteiger partial charge in [0.1, 0.15) is 5.52 Å². The first-order valence-electron chi connectivity index (χ1n) is 9.83. The first-order valence-corrected chi connectivity index (χ1v) is 9.83. The molecule has 0 aliphatic carbocycles. The maximum absolute atomic E-state index is 5.96. The Kier molecular flexibility index (Phi) is 4.72. The summed E-state index contributed by atoms with van der Waals surface area (Å²) in [5.41, 5.74) is 12.1. The Hall–Kier alpha value is -4.33. The molecule has 0 fully saturated rings. The number of fused-ring (bicyclic) bond motifs is 1. The van der Waals surface area contributed by atoms with Crippen LogP contribution in [0.5, 0.6) is 0 Å². The second kappa shape index (κ2) is 7.83. The standard InChI is InChI=1S/C23H20N8/c1-15-8-17(12-25-10-15)22-29-23(28-14-19-4-2-3-6-27-19)21-20(5-7-31(21)30-22)16-9-18(24)13-26-11-16/h2-13H,14,24H2,1H3,(H,28,29,30). The quantitative estimate of drug-likeness (QED) is 0.456. The summed E-state index contributed by atoms with van der Waals surface area (Å²) in [6, 6.07) is 11.7. The molecule has 0 spiro atoms. The van der Waals surface area contributed by atoms with Crippen LogP contribution in [0.15, 0.2) is 73.6 Å². The fourth-order valence-corrected chi connectivity index (χ4v) is 3.46. The van der Waals surface area contributed by atoms with Crippen LogP contribution in [-0.2, 0) is 6.54 Å². The Balaban J connectivity index is 1.65. The zero-order valence-corrected chi connectivity index (χ0v) is 16.9. The van der Waals surface area contributed by atoms with Crippen molar-refractivity contribution in [3.8, 4) is 22.5 Å². The molecular formula is C23H20N8. The molecule has 31 heavy (non-hydrogen) atoms. The smallest absolute Gasteiger partial charge is 0.183 e. The average molecular weight is 408 g/mol. The van der Waals surface area contributed by atoms with Crippen LogP contribution in [-0.4, -0.2) is 29.5 Å². The van der Waals surface area contributed by atoms with E-state index in [1.165, 1.54) is 0 Å². The van der Waals surface area contributed by atoms with E-state index in [1.54, 1.807) is 24.8 Å². The molecule has 5 heterocycles. The monoisotopic (exact) mass is 408 g/mol. The lowest BCUT2D eigenvalue weighted by Crippen LogP contribution is -2.08. The lowest BCUT2D eigenvalue weighted by molar-refractivity contribution is 0.905. The Labute approximate surface area is 178 Å². The van der Waals surface area contributed by atoms with Crippen molar-refractivity contribution in [2.75, 3.05) is 11.1 Å². The van der Waals surface area contributed by atoms with E-state index >= 15 is 0 Å². The number of rotatable bonds is 5. The third kappa shape index (κ3) is 3.78. The van der Waals surface area contributed by atoms with Crippen LogP contribution >= 0.6 is 0 Å². The molecule has 5 aromatic rings. The van der Waals surface area contributed by atoms with E-state index in [9.17, 15) is 0 Å². The molecule has 3 N–H and O–H groups in total. The number of pyridine rings is 3. The maximum Gasteiger partial charge on any atom is 0.183 e. The van der Waals surface area contributed by atoms with Crippen LogP contribution in [0.4, 0.5) is 11.5 Å². The lowest BCUT2D eigenvalue weighted by atomic mass is 10.1. The number of nitrogen functional groups attached to an aromatic ring is 1. The van der Waals surface area contributed by atoms with E-state index in [4.69, 9.17) is 15.8 Å². The summed E-state index contributed by atoms with van der Waals surface area (Å²) >= 11 is 0. The molecule has 5 rings (SSSR count). The summed E-state index contributed by atoms with van der Waals surface area (Å²) in [5, 5.41) is 8.16. The molecule has 0 bridgehead atoms. The molecule has 0 amide bonds. The summed E-state index contributed by atoms with van der Waals surface area (Å²) in [4.78, 5) is 17.8. The molecule has 0 atom stereocenters. The van der Waals surface area contributed by atoms with Gasteiger partial charge in [-0.3, -0.25) is 15.0 Å². The first-order chi connectivity index (χ1) is 15.2. The van der Waals surface area contributed by atoms with Crippen molar-refractivity contribution in [2.24, 2.45) is 0 Å². The molecule has 0 aliphatic rings. The lowest BCUT2D eigenvalue weighted by Gasteiger charge is -2.12. The van der Waals surface area contributed by atoms with Gasteiger partial charge in [0.15, 0.2) is 11.6 Å². The van der Waals surface area contributed by atoms with Gasteiger partial charge in [-0.25, -0.2) is 9.50 Å². The van der Waals surface area contributed by atoms with Gasteiger partial charge in [0, 0.05) is 53.9 Å². The predicted molar refractivity (Wildman–Crippen MR) is 120 cm³/mol. The highest BCUT2D eigenvalue weighted by Crippen LogP contribution is 2.31. The van der Waals surface area contributed by atoms with Gasteiger partial charge in [-0.05, 0) is 42.8 Å². The predicted octanol–water partition coefficient (Wildman–Crippen LogP) is 3.75. The number of nitrogens with one attached hydrogen (secondary N) is 1. The molecule has 8 nitrogen and oxygen atoms in total. The van der Waals surface area contributed by atoms with Crippen LogP contribution < -0.4 is 11.1 Å². The van der Waals surface area contributed by atoms with Gasteiger partial charge in [0.2, 0.25) is 0 Å². The number of nitrogens with two attached hydrogens (primary N) is 1. The highest BCUT2D eigenvalue weighted by Gasteiger charge is 2.16. The van der Waals surface area contributed by atoms with Crippen LogP contribution in [0.2, 0.25) is 0 Å². The molecule has 8 heteroatoms. The molecular weight excluding hydrogens is 388 g/mol. The van der Waals surface area contributed by atoms with Crippen LogP contribution in [0.1, 0.15) is 11.3 Å². The largest absolute Gasteiger partial charge is 0.397 e. The minimum atomic E-state index is 0.527. The number of aryl methyl sites for hydroxylation is 1. The third-order valence-corrected chi connectivity index (χ3v) is 4.88. The van der Waals surface area contributed by atoms with Gasteiger partial charge in [-0.2, -0.15) is 0 Å². The Bertz CT molecular complexity index is 1360. The van der Waals surface area contributed by atoms with Gasteiger partial charge in [-0.15, -0.1) is 5.10 Å². The summed E-state index contributed by atoms with van der Waals surface area (Å²) in [6.07, 6.45) is 10.7. The fourth-order valence-electron chi connectivity index (χ4n) is 3.46. The van der Waals surface area contributed by atoms with E-state index in [-0.39, 0.29) is 0 Å². The van der Waals surface area contributed by atoms with Crippen molar-refractivity contribution < 1.29 is 0 Å². The highest BCUT2D eigenvalue weighted by atomic mass is 15.3. The SMILES string of the molecule is Cc1cncc(-c2nc(NCc3ccccn3)c3c(-c4cncc(N)c4)ccn3n2)c1. The van der Waals surface area contributed by atoms with Gasteiger partial charge in [0.05, 0.1) is 17.9 Å². The van der Waals surface area contributed by atoms with Gasteiger partial charge < -0.3 is 11.1 Å². The van der Waals surface area contributed by atoms with E-state index in [0.29, 0.717) is 23.9 Å². The minimum absolute atomic E-state index is 0.527. The van der Waals surface area contributed by atoms with Gasteiger partial charge >= 0.3 is 0 Å². The normalized spacial score (nSPS) is 11.0. The molecule has 0 aliphatic heterocycles. The number of hydrogen-bond acceptors (Lipinski definition) is 7. The van der Waals surface area contributed by atoms with Crippen molar-refractivity contribution in [3.05, 3.63) is 84.8 Å². The van der Waals surface area contributed by atoms with Gasteiger partial charge in [0.25, 0.3) is 0 Å². The molecule has 0 saturated heterocycles. The highest BCUT2D eigenvalue weighted by molar-refractivity contribution is 5.89. The average Bonchev–Trinajstić information content (AvgIpc) is 3.22. The number of anilines is 2. The molecule has 0 saturated carbocycles. The Morgan fingerprint density at radius 2 is 1.87 bits per heavy atom. The molecule has 5 aromatic heterocycles. The minimum Gasteiger partial charge on any atom is -0.397 e. The topological polar surface area (TPSA) is 107 Å². The van der Waals surface area contributed by atoms with E-state index in [2.05, 4.69) is 20.3 Å². The van der Waals surface area contributed by atoms with Gasteiger partial charge in [-0.1, -0.05) is 6.07 Å². The van der Waals surface area contributed by atoms with Crippen LogP contribution in [0, 0.1) is 6.92 Å². The number of aromatic nitrogens is 6. The number of hydrogen-bond donors (Lipinski definition) is 2. The van der Waals surface area contributed by atoms with Crippen molar-refractivity contribution in [3.63, 3.8) is 0 Å². The van der Waals surface area contributed by atoms with Crippen molar-refractivity contribution in [1.82, 2.24) is 29.5 Å². The van der Waals surface area contributed by atoms with E-state index in [0.717, 1.165) is 33.5 Å². The Morgan fingerprint density at radius 3 is 2.68 bits per heavy atom. The summed E-state index contributed by atoms with van der Waals surface area (Å²) in [5.74, 6) is 1.28. The summed E-state index contributed by atoms with van der Waals surface area (Å²) in [7, 11) is 0. The zero-order valence-electron chi connectivity index (χ0n) is 16.9. The summed E-state index contributed by atoms with van der Waals surface area (Å²) in [6.45, 7) is 2.52. The molecule has 152 valence electrons. The second-order valence-corrected chi connectivity index (χ2v) is 7.24. The van der Waals surface area contributed by atoms with Crippen molar-refractivity contribution in [2.45, 2.75) is 13.5 Å². The van der Waals surface area contributed by atoms with Crippen LogP contribution in [0.3, 0.4) is 0 Å². The molecule has 0 unspecified atom stereocenters. The first kappa shape index (κ1) is 18.7. The van der Waals surface area contributed by atoms with Crippen molar-refractivity contribution >= 4 is 17.0 Å². The van der Waals surface area contributed by atoms with E-state index in [1.807, 2.05) is 60.2 Å². The fraction of sp³-hybridized carbons (Fsp3) is 0.0870. The second-order valence-electron chi connectivity index (χ2n) is 7.24. The zero-order chi connectivity index (χ0) is 21.2. The molecule has 0 aromatic carbocycles. The maximum atomic E-state index is 5.96. The summed E-state index contributed by atoms with van der Waals surface area (Å²) < 4.78 is 1.82. The Morgan fingerprint density at radius 1 is 1.00 bits per heavy atom. The van der Waals surface area contributed by atoms with E-state index < -0.39 is 0 Å². The van der Waals surface area contributed by atoms with Crippen molar-refractivity contribution in [1.29, 1.82) is 0 Å². The number of nitrogens with zero attached hydrogens (tertiary/aromatic N) is 6. The van der Waals surface area contributed by atoms with Crippen LogP contribution in [0.25, 0.3) is 28.0 Å².